The van der Waals surface area contributed by atoms with E-state index in [0.717, 1.165) is 11.1 Å². The first-order valence-electron chi connectivity index (χ1n) is 10.5. The maximum Gasteiger partial charge on any atom is 0.265 e. The molecule has 0 aromatic heterocycles. The smallest absolute Gasteiger partial charge is 0.265 e. The number of carbonyl (C=O) groups is 1. The molecule has 168 valence electrons. The van der Waals surface area contributed by atoms with Crippen LogP contribution in [0.1, 0.15) is 27.2 Å². The molecule has 6 nitrogen and oxygen atoms in total. The van der Waals surface area contributed by atoms with E-state index in [1.165, 1.54) is 12.1 Å². The summed E-state index contributed by atoms with van der Waals surface area (Å²) < 4.78 is 33.0. The first kappa shape index (κ1) is 23.5. The average Bonchev–Trinajstić information content (AvgIpc) is 2.80. The molecule has 0 spiro atoms. The number of rotatable bonds is 9. The zero-order valence-corrected chi connectivity index (χ0v) is 19.2. The summed E-state index contributed by atoms with van der Waals surface area (Å²) in [5, 5.41) is 2.75. The molecule has 0 saturated carbocycles. The lowest BCUT2D eigenvalue weighted by atomic mass is 10.1. The quantitative estimate of drug-likeness (QED) is 0.487. The van der Waals surface area contributed by atoms with E-state index in [0.29, 0.717) is 17.9 Å². The third kappa shape index (κ3) is 6.18. The van der Waals surface area contributed by atoms with E-state index < -0.39 is 16.1 Å². The maximum absolute atomic E-state index is 12.5. The van der Waals surface area contributed by atoms with Crippen molar-refractivity contribution < 1.29 is 17.9 Å². The van der Waals surface area contributed by atoms with Crippen molar-refractivity contribution in [3.8, 4) is 16.9 Å². The first-order valence-corrected chi connectivity index (χ1v) is 12.0. The van der Waals surface area contributed by atoms with Gasteiger partial charge in [-0.05, 0) is 67.8 Å². The van der Waals surface area contributed by atoms with Crippen molar-refractivity contribution in [3.05, 3.63) is 78.9 Å². The van der Waals surface area contributed by atoms with Gasteiger partial charge in [-0.3, -0.25) is 4.79 Å². The molecule has 0 saturated heterocycles. The largest absolute Gasteiger partial charge is 0.481 e. The predicted molar refractivity (Wildman–Crippen MR) is 127 cm³/mol. The summed E-state index contributed by atoms with van der Waals surface area (Å²) >= 11 is 0. The molecule has 2 atom stereocenters. The Morgan fingerprint density at radius 3 is 2.06 bits per heavy atom. The van der Waals surface area contributed by atoms with Crippen molar-refractivity contribution in [3.63, 3.8) is 0 Å². The summed E-state index contributed by atoms with van der Waals surface area (Å²) in [7, 11) is -3.58. The van der Waals surface area contributed by atoms with Crippen LogP contribution in [0.3, 0.4) is 0 Å². The molecule has 1 amide bonds. The molecule has 0 aliphatic carbocycles. The summed E-state index contributed by atoms with van der Waals surface area (Å²) in [5.74, 6) is 0.260. The highest BCUT2D eigenvalue weighted by Gasteiger charge is 2.18. The van der Waals surface area contributed by atoms with Crippen LogP contribution < -0.4 is 14.8 Å². The van der Waals surface area contributed by atoms with Gasteiger partial charge in [0, 0.05) is 11.7 Å². The van der Waals surface area contributed by atoms with Crippen LogP contribution >= 0.6 is 0 Å². The Kier molecular flexibility index (Phi) is 7.66. The highest BCUT2D eigenvalue weighted by atomic mass is 32.2. The lowest BCUT2D eigenvalue weighted by molar-refractivity contribution is -0.122. The highest BCUT2D eigenvalue weighted by Crippen LogP contribution is 2.23. The monoisotopic (exact) mass is 452 g/mol. The van der Waals surface area contributed by atoms with Gasteiger partial charge >= 0.3 is 0 Å². The van der Waals surface area contributed by atoms with Crippen molar-refractivity contribution in [2.75, 3.05) is 5.32 Å². The second kappa shape index (κ2) is 10.4. The van der Waals surface area contributed by atoms with Crippen molar-refractivity contribution in [1.82, 2.24) is 4.72 Å². The van der Waals surface area contributed by atoms with Crippen LogP contribution in [0.15, 0.2) is 83.8 Å². The van der Waals surface area contributed by atoms with Crippen molar-refractivity contribution >= 4 is 21.6 Å². The zero-order chi connectivity index (χ0) is 23.1. The van der Waals surface area contributed by atoms with Gasteiger partial charge in [-0.15, -0.1) is 0 Å². The Labute approximate surface area is 189 Å². The number of nitrogens with one attached hydrogen (secondary N) is 2. The van der Waals surface area contributed by atoms with Crippen LogP contribution in [0.5, 0.6) is 5.75 Å². The highest BCUT2D eigenvalue weighted by molar-refractivity contribution is 7.89. The van der Waals surface area contributed by atoms with E-state index >= 15 is 0 Å². The van der Waals surface area contributed by atoms with Crippen LogP contribution in [0.2, 0.25) is 0 Å². The third-order valence-corrected chi connectivity index (χ3v) is 6.65. The van der Waals surface area contributed by atoms with Gasteiger partial charge in [0.25, 0.3) is 5.91 Å². The molecule has 0 fully saturated rings. The maximum atomic E-state index is 12.5. The first-order chi connectivity index (χ1) is 15.3. The van der Waals surface area contributed by atoms with Gasteiger partial charge in [-0.25, -0.2) is 13.1 Å². The van der Waals surface area contributed by atoms with E-state index in [2.05, 4.69) is 10.0 Å². The number of carbonyl (C=O) groups excluding carboxylic acids is 1. The van der Waals surface area contributed by atoms with Crippen LogP contribution in [0.25, 0.3) is 11.1 Å². The Morgan fingerprint density at radius 2 is 1.47 bits per heavy atom. The Hall–Kier alpha value is -3.16. The molecule has 0 aliphatic rings. The van der Waals surface area contributed by atoms with Gasteiger partial charge in [0.2, 0.25) is 10.0 Å². The number of anilines is 1. The van der Waals surface area contributed by atoms with Gasteiger partial charge in [-0.1, -0.05) is 49.4 Å². The topological polar surface area (TPSA) is 84.5 Å². The number of amides is 1. The van der Waals surface area contributed by atoms with Gasteiger partial charge in [0.15, 0.2) is 6.10 Å². The number of hydrogen-bond donors (Lipinski definition) is 2. The molecule has 0 radical (unpaired) electrons. The normalized spacial score (nSPS) is 13.2. The average molecular weight is 453 g/mol. The molecule has 2 unspecified atom stereocenters. The molecule has 7 heteroatoms. The fourth-order valence-corrected chi connectivity index (χ4v) is 4.32. The van der Waals surface area contributed by atoms with Gasteiger partial charge in [0.1, 0.15) is 5.75 Å². The Morgan fingerprint density at radius 1 is 0.875 bits per heavy atom. The second-order valence-electron chi connectivity index (χ2n) is 7.59. The summed E-state index contributed by atoms with van der Waals surface area (Å²) in [4.78, 5) is 12.7. The van der Waals surface area contributed by atoms with Gasteiger partial charge in [0.05, 0.1) is 4.90 Å². The number of ether oxygens (including phenoxy) is 1. The number of hydrogen-bond acceptors (Lipinski definition) is 4. The van der Waals surface area contributed by atoms with E-state index in [1.54, 1.807) is 19.1 Å². The predicted octanol–water partition coefficient (Wildman–Crippen LogP) is 4.84. The zero-order valence-electron chi connectivity index (χ0n) is 18.4. The van der Waals surface area contributed by atoms with Gasteiger partial charge < -0.3 is 10.1 Å². The Bertz CT molecular complexity index is 1130. The van der Waals surface area contributed by atoms with Crippen molar-refractivity contribution in [2.24, 2.45) is 0 Å². The van der Waals surface area contributed by atoms with Crippen molar-refractivity contribution in [1.29, 1.82) is 0 Å². The molecular weight excluding hydrogens is 424 g/mol. The molecule has 3 rings (SSSR count). The summed E-state index contributed by atoms with van der Waals surface area (Å²) in [6, 6.07) is 23.4. The molecule has 3 aromatic carbocycles. The van der Waals surface area contributed by atoms with E-state index in [4.69, 9.17) is 4.74 Å². The molecule has 0 aliphatic heterocycles. The third-order valence-electron chi connectivity index (χ3n) is 5.04. The fraction of sp³-hybridized carbons (Fsp3) is 0.240. The summed E-state index contributed by atoms with van der Waals surface area (Å²) in [6.45, 7) is 5.38. The van der Waals surface area contributed by atoms with Crippen molar-refractivity contribution in [2.45, 2.75) is 44.2 Å². The molecule has 0 heterocycles. The van der Waals surface area contributed by atoms with E-state index in [9.17, 15) is 13.2 Å². The number of benzene rings is 3. The lowest BCUT2D eigenvalue weighted by Crippen LogP contribution is -2.32. The SMILES string of the molecule is CCC(C)NS(=O)(=O)c1ccc(NC(=O)C(C)Oc2ccc(-c3ccccc3)cc2)cc1. The second-order valence-corrected chi connectivity index (χ2v) is 9.31. The van der Waals surface area contributed by atoms with Crippen LogP contribution in [-0.4, -0.2) is 26.5 Å². The van der Waals surface area contributed by atoms with E-state index in [-0.39, 0.29) is 16.8 Å². The minimum absolute atomic E-state index is 0.151. The fourth-order valence-electron chi connectivity index (χ4n) is 2.99. The van der Waals surface area contributed by atoms with Crippen LogP contribution in [0, 0.1) is 0 Å². The number of sulfonamides is 1. The standard InChI is InChI=1S/C25H28N2O4S/c1-4-18(2)27-32(29,30)24-16-12-22(13-17-24)26-25(28)19(3)31-23-14-10-21(11-15-23)20-8-6-5-7-9-20/h5-19,27H,4H2,1-3H3,(H,26,28). The minimum Gasteiger partial charge on any atom is -0.481 e. The van der Waals surface area contributed by atoms with E-state index in [1.807, 2.05) is 68.4 Å². The molecular formula is C25H28N2O4S. The van der Waals surface area contributed by atoms with Crippen LogP contribution in [0.4, 0.5) is 5.69 Å². The lowest BCUT2D eigenvalue weighted by Gasteiger charge is -2.16. The molecule has 3 aromatic rings. The minimum atomic E-state index is -3.58. The molecule has 0 bridgehead atoms. The van der Waals surface area contributed by atoms with Gasteiger partial charge in [-0.2, -0.15) is 0 Å². The summed E-state index contributed by atoms with van der Waals surface area (Å²) in [5.41, 5.74) is 2.66. The summed E-state index contributed by atoms with van der Waals surface area (Å²) in [6.07, 6.45) is -0.0340. The Balaban J connectivity index is 1.58. The molecule has 32 heavy (non-hydrogen) atoms. The van der Waals surface area contributed by atoms with Crippen LogP contribution in [-0.2, 0) is 14.8 Å². The molecule has 2 N–H and O–H groups in total.